The summed E-state index contributed by atoms with van der Waals surface area (Å²) >= 11 is 4.50. The van der Waals surface area contributed by atoms with E-state index in [9.17, 15) is 13.2 Å². The van der Waals surface area contributed by atoms with Crippen molar-refractivity contribution in [1.82, 2.24) is 14.2 Å². The molecule has 0 atom stereocenters. The molecule has 3 heterocycles. The summed E-state index contributed by atoms with van der Waals surface area (Å²) < 4.78 is 28.0. The Hall–Kier alpha value is -1.81. The second-order valence-corrected chi connectivity index (χ2v) is 11.1. The molecule has 1 aliphatic heterocycles. The molecule has 4 rings (SSSR count). The largest absolute Gasteiger partial charge is 0.340 e. The number of aromatic nitrogens is 1. The van der Waals surface area contributed by atoms with E-state index in [1.54, 1.807) is 23.2 Å². The minimum absolute atomic E-state index is 0.00549. The van der Waals surface area contributed by atoms with Gasteiger partial charge in [0.15, 0.2) is 0 Å². The standard InChI is InChI=1S/C19H18BrN3O3S2/c20-16-6-7-18(27-16)28(25,26)23-11-9-22(10-12-23)17(24)13-15-4-1-3-14-5-2-8-21-19(14)15/h1-8H,9-13H2. The molecule has 0 unspecified atom stereocenters. The van der Waals surface area contributed by atoms with Crippen LogP contribution in [0.4, 0.5) is 0 Å². The van der Waals surface area contributed by atoms with E-state index in [-0.39, 0.29) is 12.3 Å². The van der Waals surface area contributed by atoms with Gasteiger partial charge in [0.05, 0.1) is 15.7 Å². The zero-order valence-corrected chi connectivity index (χ0v) is 18.1. The monoisotopic (exact) mass is 479 g/mol. The minimum Gasteiger partial charge on any atom is -0.340 e. The lowest BCUT2D eigenvalue weighted by molar-refractivity contribution is -0.131. The Bertz CT molecular complexity index is 1120. The van der Waals surface area contributed by atoms with E-state index in [4.69, 9.17) is 0 Å². The Morgan fingerprint density at radius 3 is 2.54 bits per heavy atom. The van der Waals surface area contributed by atoms with Crippen LogP contribution >= 0.6 is 27.3 Å². The van der Waals surface area contributed by atoms with Crippen molar-refractivity contribution in [2.24, 2.45) is 0 Å². The highest BCUT2D eigenvalue weighted by atomic mass is 79.9. The molecule has 1 aromatic carbocycles. The average Bonchev–Trinajstić information content (AvgIpc) is 3.15. The van der Waals surface area contributed by atoms with Crippen LogP contribution in [-0.2, 0) is 21.2 Å². The molecular weight excluding hydrogens is 462 g/mol. The second-order valence-electron chi connectivity index (χ2n) is 6.51. The Labute approximate surface area is 176 Å². The molecule has 6 nitrogen and oxygen atoms in total. The maximum Gasteiger partial charge on any atom is 0.252 e. The third kappa shape index (κ3) is 3.84. The molecule has 1 saturated heterocycles. The zero-order valence-electron chi connectivity index (χ0n) is 14.9. The van der Waals surface area contributed by atoms with Crippen molar-refractivity contribution in [3.63, 3.8) is 0 Å². The lowest BCUT2D eigenvalue weighted by Crippen LogP contribution is -2.50. The van der Waals surface area contributed by atoms with E-state index in [2.05, 4.69) is 20.9 Å². The van der Waals surface area contributed by atoms with E-state index in [0.29, 0.717) is 30.4 Å². The number of pyridine rings is 1. The fourth-order valence-electron chi connectivity index (χ4n) is 3.33. The van der Waals surface area contributed by atoms with Crippen molar-refractivity contribution < 1.29 is 13.2 Å². The van der Waals surface area contributed by atoms with Crippen LogP contribution in [-0.4, -0.2) is 54.7 Å². The van der Waals surface area contributed by atoms with Gasteiger partial charge in [-0.1, -0.05) is 24.3 Å². The van der Waals surface area contributed by atoms with Gasteiger partial charge in [-0.3, -0.25) is 9.78 Å². The number of carbonyl (C=O) groups excluding carboxylic acids is 1. The molecule has 1 amide bonds. The molecule has 0 radical (unpaired) electrons. The highest BCUT2D eigenvalue weighted by Gasteiger charge is 2.31. The molecule has 3 aromatic rings. The Balaban J connectivity index is 1.43. The molecule has 2 aromatic heterocycles. The van der Waals surface area contributed by atoms with Crippen LogP contribution in [0.3, 0.4) is 0 Å². The first-order valence-electron chi connectivity index (χ1n) is 8.81. The molecule has 0 N–H and O–H groups in total. The van der Waals surface area contributed by atoms with E-state index in [1.807, 2.05) is 30.3 Å². The van der Waals surface area contributed by atoms with Crippen LogP contribution in [0.2, 0.25) is 0 Å². The van der Waals surface area contributed by atoms with E-state index in [0.717, 1.165) is 20.3 Å². The normalized spacial score (nSPS) is 15.8. The number of halogens is 1. The van der Waals surface area contributed by atoms with Gasteiger partial charge in [0.2, 0.25) is 5.91 Å². The first kappa shape index (κ1) is 19.5. The lowest BCUT2D eigenvalue weighted by atomic mass is 10.1. The maximum atomic E-state index is 12.8. The number of rotatable bonds is 4. The summed E-state index contributed by atoms with van der Waals surface area (Å²) in [6.45, 7) is 1.39. The van der Waals surface area contributed by atoms with Gasteiger partial charge in [0.1, 0.15) is 4.21 Å². The summed E-state index contributed by atoms with van der Waals surface area (Å²) in [6, 6.07) is 13.0. The number of sulfonamides is 1. The third-order valence-electron chi connectivity index (χ3n) is 4.79. The summed E-state index contributed by atoms with van der Waals surface area (Å²) in [5.74, 6) is -0.00549. The SMILES string of the molecule is O=C(Cc1cccc2cccnc12)N1CCN(S(=O)(=O)c2ccc(Br)s2)CC1. The molecule has 1 aliphatic rings. The molecular formula is C19H18BrN3O3S2. The lowest BCUT2D eigenvalue weighted by Gasteiger charge is -2.33. The summed E-state index contributed by atoms with van der Waals surface area (Å²) in [4.78, 5) is 18.9. The van der Waals surface area contributed by atoms with Crippen LogP contribution in [0.25, 0.3) is 10.9 Å². The van der Waals surface area contributed by atoms with Gasteiger partial charge >= 0.3 is 0 Å². The van der Waals surface area contributed by atoms with Crippen molar-refractivity contribution in [2.75, 3.05) is 26.2 Å². The quantitative estimate of drug-likeness (QED) is 0.576. The number of para-hydroxylation sites is 1. The Kier molecular flexibility index (Phi) is 5.50. The Morgan fingerprint density at radius 2 is 1.82 bits per heavy atom. The van der Waals surface area contributed by atoms with Crippen LogP contribution in [0, 0.1) is 0 Å². The highest BCUT2D eigenvalue weighted by molar-refractivity contribution is 9.11. The van der Waals surface area contributed by atoms with Gasteiger partial charge in [0.25, 0.3) is 10.0 Å². The summed E-state index contributed by atoms with van der Waals surface area (Å²) in [6.07, 6.45) is 1.99. The van der Waals surface area contributed by atoms with Crippen molar-refractivity contribution in [1.29, 1.82) is 0 Å². The number of benzene rings is 1. The third-order valence-corrected chi connectivity index (χ3v) is 8.78. The van der Waals surface area contributed by atoms with Crippen molar-refractivity contribution in [2.45, 2.75) is 10.6 Å². The maximum absolute atomic E-state index is 12.8. The number of amides is 1. The molecule has 0 spiro atoms. The fourth-order valence-corrected chi connectivity index (χ4v) is 6.91. The van der Waals surface area contributed by atoms with Gasteiger partial charge in [-0.15, -0.1) is 11.3 Å². The summed E-state index contributed by atoms with van der Waals surface area (Å²) in [5, 5.41) is 1.01. The van der Waals surface area contributed by atoms with Crippen LogP contribution in [0.5, 0.6) is 0 Å². The van der Waals surface area contributed by atoms with Crippen LogP contribution in [0.1, 0.15) is 5.56 Å². The summed E-state index contributed by atoms with van der Waals surface area (Å²) in [5.41, 5.74) is 1.73. The molecule has 0 saturated carbocycles. The van der Waals surface area contributed by atoms with E-state index >= 15 is 0 Å². The molecule has 1 fully saturated rings. The molecule has 146 valence electrons. The van der Waals surface area contributed by atoms with Crippen molar-refractivity contribution in [3.05, 3.63) is 58.0 Å². The number of hydrogen-bond acceptors (Lipinski definition) is 5. The smallest absolute Gasteiger partial charge is 0.252 e. The van der Waals surface area contributed by atoms with Gasteiger partial charge in [-0.05, 0) is 39.7 Å². The van der Waals surface area contributed by atoms with Gasteiger partial charge < -0.3 is 4.90 Å². The first-order valence-corrected chi connectivity index (χ1v) is 11.9. The average molecular weight is 480 g/mol. The second kappa shape index (κ2) is 7.90. The summed E-state index contributed by atoms with van der Waals surface area (Å²) in [7, 11) is -3.50. The van der Waals surface area contributed by atoms with E-state index < -0.39 is 10.0 Å². The molecule has 9 heteroatoms. The number of hydrogen-bond donors (Lipinski definition) is 0. The van der Waals surface area contributed by atoms with Gasteiger partial charge in [0, 0.05) is 37.8 Å². The van der Waals surface area contributed by atoms with Crippen LogP contribution in [0.15, 0.2) is 56.7 Å². The van der Waals surface area contributed by atoms with Crippen LogP contribution < -0.4 is 0 Å². The minimum atomic E-state index is -3.50. The molecule has 0 aliphatic carbocycles. The first-order chi connectivity index (χ1) is 13.4. The number of carbonyl (C=O) groups is 1. The Morgan fingerprint density at radius 1 is 1.07 bits per heavy atom. The number of thiophene rings is 1. The topological polar surface area (TPSA) is 70.6 Å². The van der Waals surface area contributed by atoms with Gasteiger partial charge in [-0.25, -0.2) is 8.42 Å². The van der Waals surface area contributed by atoms with Gasteiger partial charge in [-0.2, -0.15) is 4.31 Å². The fraction of sp³-hybridized carbons (Fsp3) is 0.263. The number of fused-ring (bicyclic) bond motifs is 1. The van der Waals surface area contributed by atoms with Crippen molar-refractivity contribution in [3.8, 4) is 0 Å². The number of piperazine rings is 1. The van der Waals surface area contributed by atoms with E-state index in [1.165, 1.54) is 15.6 Å². The number of nitrogens with zero attached hydrogens (tertiary/aromatic N) is 3. The molecule has 28 heavy (non-hydrogen) atoms. The highest BCUT2D eigenvalue weighted by Crippen LogP contribution is 2.29. The predicted octanol–water partition coefficient (Wildman–Crippen LogP) is 3.13. The van der Waals surface area contributed by atoms with Crippen molar-refractivity contribution >= 4 is 54.1 Å². The molecule has 0 bridgehead atoms. The zero-order chi connectivity index (χ0) is 19.7. The predicted molar refractivity (Wildman–Crippen MR) is 113 cm³/mol.